The molecule has 0 bridgehead atoms. The number of methoxy groups -OCH3 is 1. The van der Waals surface area contributed by atoms with Crippen LogP contribution in [-0.4, -0.2) is 37.6 Å². The molecule has 1 amide bonds. The van der Waals surface area contributed by atoms with Crippen molar-refractivity contribution in [1.29, 1.82) is 0 Å². The van der Waals surface area contributed by atoms with E-state index in [9.17, 15) is 4.79 Å². The van der Waals surface area contributed by atoms with Gasteiger partial charge < -0.3 is 15.8 Å². The zero-order valence-corrected chi connectivity index (χ0v) is 17.0. The predicted octanol–water partition coefficient (Wildman–Crippen LogP) is 3.69. The number of carbonyl (C=O) groups excluding carboxylic acids is 1. The number of nitrogens with two attached hydrogens (primary N) is 1. The van der Waals surface area contributed by atoms with Gasteiger partial charge in [0.05, 0.1) is 13.2 Å². The van der Waals surface area contributed by atoms with Crippen molar-refractivity contribution in [3.8, 4) is 5.75 Å². The van der Waals surface area contributed by atoms with Gasteiger partial charge in [-0.2, -0.15) is 0 Å². The number of rotatable bonds is 6. The first-order valence-electron chi connectivity index (χ1n) is 8.69. The SMILES string of the molecule is COc1ccc(C(CNC(=O)c2cccc(N)c2)N2CCCC2)cc1.Cl.Cl. The van der Waals surface area contributed by atoms with Crippen molar-refractivity contribution in [2.45, 2.75) is 18.9 Å². The van der Waals surface area contributed by atoms with Crippen LogP contribution in [0.5, 0.6) is 5.75 Å². The van der Waals surface area contributed by atoms with Crippen molar-refractivity contribution in [3.63, 3.8) is 0 Å². The van der Waals surface area contributed by atoms with Crippen LogP contribution in [0.25, 0.3) is 0 Å². The number of anilines is 1. The van der Waals surface area contributed by atoms with Gasteiger partial charge in [0.1, 0.15) is 5.75 Å². The van der Waals surface area contributed by atoms with Gasteiger partial charge in [-0.05, 0) is 61.8 Å². The van der Waals surface area contributed by atoms with Gasteiger partial charge in [0, 0.05) is 17.8 Å². The normalized spacial score (nSPS) is 14.6. The van der Waals surface area contributed by atoms with Crippen molar-refractivity contribution in [3.05, 3.63) is 59.7 Å². The summed E-state index contributed by atoms with van der Waals surface area (Å²) in [4.78, 5) is 14.9. The highest BCUT2D eigenvalue weighted by molar-refractivity contribution is 5.95. The molecule has 2 aromatic rings. The maximum atomic E-state index is 12.4. The third-order valence-electron chi connectivity index (χ3n) is 4.69. The zero-order valence-electron chi connectivity index (χ0n) is 15.4. The Morgan fingerprint density at radius 2 is 1.81 bits per heavy atom. The monoisotopic (exact) mass is 411 g/mol. The molecule has 148 valence electrons. The number of halogens is 2. The molecular formula is C20H27Cl2N3O2. The number of amides is 1. The van der Waals surface area contributed by atoms with E-state index in [1.165, 1.54) is 18.4 Å². The highest BCUT2D eigenvalue weighted by Gasteiger charge is 2.24. The summed E-state index contributed by atoms with van der Waals surface area (Å²) in [5.74, 6) is 0.748. The summed E-state index contributed by atoms with van der Waals surface area (Å²) in [6, 6.07) is 15.3. The van der Waals surface area contributed by atoms with E-state index in [1.807, 2.05) is 12.1 Å². The molecule has 7 heteroatoms. The first-order valence-corrected chi connectivity index (χ1v) is 8.69. The molecule has 5 nitrogen and oxygen atoms in total. The Bertz CT molecular complexity index is 719. The molecule has 0 aliphatic carbocycles. The number of hydrogen-bond acceptors (Lipinski definition) is 4. The molecular weight excluding hydrogens is 385 g/mol. The van der Waals surface area contributed by atoms with E-state index in [0.717, 1.165) is 18.8 Å². The third-order valence-corrected chi connectivity index (χ3v) is 4.69. The summed E-state index contributed by atoms with van der Waals surface area (Å²) in [6.45, 7) is 2.69. The van der Waals surface area contributed by atoms with Crippen LogP contribution in [0.4, 0.5) is 5.69 Å². The van der Waals surface area contributed by atoms with E-state index in [2.05, 4.69) is 22.3 Å². The Morgan fingerprint density at radius 1 is 1.15 bits per heavy atom. The van der Waals surface area contributed by atoms with Gasteiger partial charge in [0.15, 0.2) is 0 Å². The fourth-order valence-electron chi connectivity index (χ4n) is 3.31. The largest absolute Gasteiger partial charge is 0.497 e. The summed E-state index contributed by atoms with van der Waals surface area (Å²) in [5.41, 5.74) is 8.15. The van der Waals surface area contributed by atoms with Crippen molar-refractivity contribution >= 4 is 36.4 Å². The van der Waals surface area contributed by atoms with Gasteiger partial charge in [-0.15, -0.1) is 24.8 Å². The minimum absolute atomic E-state index is 0. The Kier molecular flexibility index (Phi) is 9.43. The van der Waals surface area contributed by atoms with Gasteiger partial charge in [0.25, 0.3) is 5.91 Å². The average Bonchev–Trinajstić information content (AvgIpc) is 3.16. The predicted molar refractivity (Wildman–Crippen MR) is 114 cm³/mol. The number of nitrogens with one attached hydrogen (secondary N) is 1. The Balaban J connectivity index is 0.00000182. The van der Waals surface area contributed by atoms with Crippen molar-refractivity contribution in [1.82, 2.24) is 10.2 Å². The maximum absolute atomic E-state index is 12.4. The van der Waals surface area contributed by atoms with Crippen LogP contribution in [0.1, 0.15) is 34.8 Å². The van der Waals surface area contributed by atoms with E-state index >= 15 is 0 Å². The van der Waals surface area contributed by atoms with Gasteiger partial charge in [-0.25, -0.2) is 0 Å². The van der Waals surface area contributed by atoms with Crippen LogP contribution in [0.15, 0.2) is 48.5 Å². The van der Waals surface area contributed by atoms with Crippen molar-refractivity contribution in [2.24, 2.45) is 0 Å². The molecule has 27 heavy (non-hydrogen) atoms. The quantitative estimate of drug-likeness (QED) is 0.711. The van der Waals surface area contributed by atoms with E-state index in [0.29, 0.717) is 17.8 Å². The molecule has 0 spiro atoms. The van der Waals surface area contributed by atoms with Crippen LogP contribution in [0.2, 0.25) is 0 Å². The van der Waals surface area contributed by atoms with E-state index in [-0.39, 0.29) is 36.8 Å². The molecule has 3 N–H and O–H groups in total. The van der Waals surface area contributed by atoms with Crippen LogP contribution in [-0.2, 0) is 0 Å². The van der Waals surface area contributed by atoms with Gasteiger partial charge in [0.2, 0.25) is 0 Å². The Morgan fingerprint density at radius 3 is 2.41 bits per heavy atom. The number of benzene rings is 2. The number of hydrogen-bond donors (Lipinski definition) is 2. The highest BCUT2D eigenvalue weighted by Crippen LogP contribution is 2.26. The smallest absolute Gasteiger partial charge is 0.251 e. The maximum Gasteiger partial charge on any atom is 0.251 e. The molecule has 1 saturated heterocycles. The second-order valence-electron chi connectivity index (χ2n) is 6.37. The van der Waals surface area contributed by atoms with Crippen LogP contribution in [0, 0.1) is 0 Å². The van der Waals surface area contributed by atoms with Crippen LogP contribution < -0.4 is 15.8 Å². The Labute approximate surface area is 173 Å². The second kappa shape index (κ2) is 11.0. The lowest BCUT2D eigenvalue weighted by Gasteiger charge is -2.28. The second-order valence-corrected chi connectivity index (χ2v) is 6.37. The van der Waals surface area contributed by atoms with Crippen LogP contribution in [0.3, 0.4) is 0 Å². The fraction of sp³-hybridized carbons (Fsp3) is 0.350. The molecule has 1 unspecified atom stereocenters. The summed E-state index contributed by atoms with van der Waals surface area (Å²) < 4.78 is 5.25. The number of nitrogens with zero attached hydrogens (tertiary/aromatic N) is 1. The molecule has 1 fully saturated rings. The average molecular weight is 412 g/mol. The molecule has 1 atom stereocenters. The van der Waals surface area contributed by atoms with Crippen LogP contribution >= 0.6 is 24.8 Å². The highest BCUT2D eigenvalue weighted by atomic mass is 35.5. The topological polar surface area (TPSA) is 67.6 Å². The minimum atomic E-state index is -0.0926. The first kappa shape index (κ1) is 23.1. The summed E-state index contributed by atoms with van der Waals surface area (Å²) in [5, 5.41) is 3.06. The number of likely N-dealkylation sites (tertiary alicyclic amines) is 1. The summed E-state index contributed by atoms with van der Waals surface area (Å²) in [6.07, 6.45) is 2.41. The van der Waals surface area contributed by atoms with Gasteiger partial charge in [-0.3, -0.25) is 9.69 Å². The molecule has 1 heterocycles. The third kappa shape index (κ3) is 6.03. The molecule has 2 aromatic carbocycles. The van der Waals surface area contributed by atoms with Crippen molar-refractivity contribution in [2.75, 3.05) is 32.5 Å². The summed E-state index contributed by atoms with van der Waals surface area (Å²) >= 11 is 0. The van der Waals surface area contributed by atoms with E-state index < -0.39 is 0 Å². The standard InChI is InChI=1S/C20H25N3O2.2ClH/c1-25-18-9-7-15(8-10-18)19(23-11-2-3-12-23)14-22-20(24)16-5-4-6-17(21)13-16;;/h4-10,13,19H,2-3,11-12,14,21H2,1H3,(H,22,24);2*1H. The number of carbonyl (C=O) groups is 1. The summed E-state index contributed by atoms with van der Waals surface area (Å²) in [7, 11) is 1.67. The van der Waals surface area contributed by atoms with E-state index in [4.69, 9.17) is 10.5 Å². The minimum Gasteiger partial charge on any atom is -0.497 e. The lowest BCUT2D eigenvalue weighted by molar-refractivity contribution is 0.0938. The fourth-order valence-corrected chi connectivity index (χ4v) is 3.31. The molecule has 0 radical (unpaired) electrons. The molecule has 3 rings (SSSR count). The lowest BCUT2D eigenvalue weighted by atomic mass is 10.0. The lowest BCUT2D eigenvalue weighted by Crippen LogP contribution is -2.36. The first-order chi connectivity index (χ1) is 12.2. The zero-order chi connectivity index (χ0) is 17.6. The number of nitrogen functional groups attached to an aromatic ring is 1. The molecule has 0 saturated carbocycles. The molecule has 1 aliphatic rings. The molecule has 1 aliphatic heterocycles. The van der Waals surface area contributed by atoms with Gasteiger partial charge in [-0.1, -0.05) is 18.2 Å². The Hall–Kier alpha value is -1.95. The van der Waals surface area contributed by atoms with Gasteiger partial charge >= 0.3 is 0 Å². The van der Waals surface area contributed by atoms with Crippen molar-refractivity contribution < 1.29 is 9.53 Å². The van der Waals surface area contributed by atoms with E-state index in [1.54, 1.807) is 31.4 Å². The molecule has 0 aromatic heterocycles. The number of ether oxygens (including phenoxy) is 1.